The molecule has 38 heavy (non-hydrogen) atoms. The summed E-state index contributed by atoms with van der Waals surface area (Å²) in [6.45, 7) is 14.3. The predicted molar refractivity (Wildman–Crippen MR) is 152 cm³/mol. The van der Waals surface area contributed by atoms with Crippen molar-refractivity contribution in [3.05, 3.63) is 71.8 Å². The Hall–Kier alpha value is -3.89. The lowest BCUT2D eigenvalue weighted by molar-refractivity contribution is 0.0190. The molecular weight excluding hydrogens is 480 g/mol. The molecule has 0 bridgehead atoms. The molecule has 0 radical (unpaired) electrons. The number of rotatable bonds is 6. The molecule has 1 saturated heterocycles. The first-order chi connectivity index (χ1) is 18.2. The summed E-state index contributed by atoms with van der Waals surface area (Å²) in [6.07, 6.45) is 7.84. The van der Waals surface area contributed by atoms with Gasteiger partial charge in [0.05, 0.1) is 12.2 Å². The lowest BCUT2D eigenvalue weighted by Crippen LogP contribution is -2.45. The van der Waals surface area contributed by atoms with Gasteiger partial charge < -0.3 is 25.1 Å². The number of aromatic nitrogens is 4. The molecule has 0 spiro atoms. The van der Waals surface area contributed by atoms with Crippen LogP contribution in [0.15, 0.2) is 66.3 Å². The van der Waals surface area contributed by atoms with Crippen LogP contribution in [-0.4, -0.2) is 79.2 Å². The number of nitrogens with one attached hydrogen (secondary N) is 1. The third-order valence-electron chi connectivity index (χ3n) is 6.98. The minimum Gasteiger partial charge on any atom is -0.370 e. The highest BCUT2D eigenvalue weighted by Gasteiger charge is 2.28. The second-order valence-electron chi connectivity index (χ2n) is 10.8. The zero-order valence-corrected chi connectivity index (χ0v) is 22.5. The zero-order valence-electron chi connectivity index (χ0n) is 22.5. The van der Waals surface area contributed by atoms with Crippen molar-refractivity contribution in [1.29, 1.82) is 0 Å². The number of aliphatic hydroxyl groups is 1. The number of allylic oxidation sites excluding steroid dienone is 3. The Kier molecular flexibility index (Phi) is 6.85. The van der Waals surface area contributed by atoms with Crippen LogP contribution in [0.25, 0.3) is 16.7 Å². The first kappa shape index (κ1) is 25.7. The fourth-order valence-electron chi connectivity index (χ4n) is 4.84. The molecule has 1 fully saturated rings. The molecule has 4 heterocycles. The van der Waals surface area contributed by atoms with Gasteiger partial charge in [-0.3, -0.25) is 4.79 Å². The fraction of sp³-hybridized carbons (Fsp3) is 0.393. The van der Waals surface area contributed by atoms with Crippen molar-refractivity contribution in [3.63, 3.8) is 0 Å². The average Bonchev–Trinajstić information content (AvgIpc) is 3.16. The van der Waals surface area contributed by atoms with Crippen LogP contribution >= 0.6 is 0 Å². The summed E-state index contributed by atoms with van der Waals surface area (Å²) in [5.74, 6) is 0.391. The molecule has 1 aromatic carbocycles. The van der Waals surface area contributed by atoms with E-state index in [1.54, 1.807) is 33.8 Å². The molecule has 10 nitrogen and oxygen atoms in total. The maximum atomic E-state index is 13.3. The second-order valence-corrected chi connectivity index (χ2v) is 10.8. The topological polar surface area (TPSA) is 94.7 Å². The number of piperazine rings is 1. The third kappa shape index (κ3) is 4.97. The van der Waals surface area contributed by atoms with Crippen LogP contribution in [0.3, 0.4) is 0 Å². The number of anilines is 3. The molecule has 0 saturated carbocycles. The number of benzene rings is 1. The maximum absolute atomic E-state index is 13.3. The molecular formula is C28H36N8O2. The van der Waals surface area contributed by atoms with E-state index in [1.807, 2.05) is 44.0 Å². The standard InChI is InChI=1S/C28H36N8O2/c1-6-13-35-26(38)23-18-29-27(30-20-7-9-21(10-8-20)33-16-14-32(5)15-17-33)31-25(23)36(35)22-11-12-24(37)34(19-22)28(2,3)4/h6-12,18-19,24,37H,1,13-17H2,2-5H3,(H,29,30,31). The van der Waals surface area contributed by atoms with Gasteiger partial charge in [0.1, 0.15) is 11.6 Å². The molecule has 2 aliphatic rings. The highest BCUT2D eigenvalue weighted by atomic mass is 16.3. The largest absolute Gasteiger partial charge is 0.370 e. The Morgan fingerprint density at radius 1 is 1.16 bits per heavy atom. The van der Waals surface area contributed by atoms with Crippen molar-refractivity contribution in [2.24, 2.45) is 0 Å². The fourth-order valence-corrected chi connectivity index (χ4v) is 4.84. The Morgan fingerprint density at radius 3 is 2.53 bits per heavy atom. The molecule has 5 rings (SSSR count). The van der Waals surface area contributed by atoms with Gasteiger partial charge in [0, 0.05) is 55.5 Å². The van der Waals surface area contributed by atoms with E-state index < -0.39 is 6.23 Å². The van der Waals surface area contributed by atoms with Gasteiger partial charge in [-0.2, -0.15) is 4.98 Å². The monoisotopic (exact) mass is 516 g/mol. The van der Waals surface area contributed by atoms with Crippen LogP contribution in [0, 0.1) is 0 Å². The molecule has 2 N–H and O–H groups in total. The van der Waals surface area contributed by atoms with Crippen LogP contribution in [-0.2, 0) is 6.54 Å². The quantitative estimate of drug-likeness (QED) is 0.483. The van der Waals surface area contributed by atoms with Gasteiger partial charge >= 0.3 is 0 Å². The summed E-state index contributed by atoms with van der Waals surface area (Å²) in [7, 11) is 2.15. The van der Waals surface area contributed by atoms with E-state index in [-0.39, 0.29) is 11.1 Å². The molecule has 0 amide bonds. The Balaban J connectivity index is 1.49. The second kappa shape index (κ2) is 10.1. The number of hydrogen-bond donors (Lipinski definition) is 2. The van der Waals surface area contributed by atoms with Crippen LogP contribution in [0.2, 0.25) is 0 Å². The van der Waals surface area contributed by atoms with Crippen molar-refractivity contribution < 1.29 is 5.11 Å². The molecule has 2 aliphatic heterocycles. The summed E-state index contributed by atoms with van der Waals surface area (Å²) in [5, 5.41) is 14.2. The van der Waals surface area contributed by atoms with Gasteiger partial charge in [-0.05, 0) is 64.2 Å². The number of nitrogens with zero attached hydrogens (tertiary/aromatic N) is 7. The van der Waals surface area contributed by atoms with Crippen LogP contribution in [0.4, 0.5) is 17.3 Å². The summed E-state index contributed by atoms with van der Waals surface area (Å²) in [6, 6.07) is 8.25. The SMILES string of the molecule is C=CCn1c(=O)c2cnc(Nc3ccc(N4CCN(C)CC4)cc3)nc2n1C1=CN(C(C)(C)C)C(O)C=C1. The highest BCUT2D eigenvalue weighted by Crippen LogP contribution is 2.27. The van der Waals surface area contributed by atoms with Gasteiger partial charge in [-0.1, -0.05) is 6.08 Å². The predicted octanol–water partition coefficient (Wildman–Crippen LogP) is 3.06. The first-order valence-electron chi connectivity index (χ1n) is 12.9. The van der Waals surface area contributed by atoms with E-state index in [4.69, 9.17) is 4.98 Å². The van der Waals surface area contributed by atoms with E-state index in [1.165, 1.54) is 5.69 Å². The van der Waals surface area contributed by atoms with Crippen molar-refractivity contribution in [2.75, 3.05) is 43.4 Å². The van der Waals surface area contributed by atoms with Crippen molar-refractivity contribution >= 4 is 34.1 Å². The lowest BCUT2D eigenvalue weighted by atomic mass is 10.0. The van der Waals surface area contributed by atoms with Crippen LogP contribution < -0.4 is 15.8 Å². The van der Waals surface area contributed by atoms with Gasteiger partial charge in [-0.25, -0.2) is 14.3 Å². The number of fused-ring (bicyclic) bond motifs is 1. The molecule has 0 aliphatic carbocycles. The Bertz CT molecular complexity index is 1440. The van der Waals surface area contributed by atoms with Crippen LogP contribution in [0.5, 0.6) is 0 Å². The van der Waals surface area contributed by atoms with Crippen molar-refractivity contribution in [1.82, 2.24) is 29.1 Å². The van der Waals surface area contributed by atoms with E-state index >= 15 is 0 Å². The molecule has 1 atom stereocenters. The summed E-state index contributed by atoms with van der Waals surface area (Å²) in [5.41, 5.74) is 2.70. The van der Waals surface area contributed by atoms with Gasteiger partial charge in [0.2, 0.25) is 5.95 Å². The molecule has 2 aromatic heterocycles. The number of likely N-dealkylation sites (N-methyl/N-ethyl adjacent to an activating group) is 1. The van der Waals surface area contributed by atoms with E-state index in [9.17, 15) is 9.90 Å². The lowest BCUT2D eigenvalue weighted by Gasteiger charge is -2.39. The van der Waals surface area contributed by atoms with Crippen LogP contribution in [0.1, 0.15) is 20.8 Å². The maximum Gasteiger partial charge on any atom is 0.278 e. The first-order valence-corrected chi connectivity index (χ1v) is 12.9. The smallest absolute Gasteiger partial charge is 0.278 e. The molecule has 3 aromatic rings. The molecule has 200 valence electrons. The Morgan fingerprint density at radius 2 is 1.87 bits per heavy atom. The number of aliphatic hydroxyl groups excluding tert-OH is 1. The summed E-state index contributed by atoms with van der Waals surface area (Å²) >= 11 is 0. The van der Waals surface area contributed by atoms with E-state index in [0.717, 1.165) is 31.9 Å². The minimum absolute atomic E-state index is 0.203. The van der Waals surface area contributed by atoms with Crippen molar-refractivity contribution in [2.45, 2.75) is 39.1 Å². The molecule has 1 unspecified atom stereocenters. The zero-order chi connectivity index (χ0) is 27.0. The van der Waals surface area contributed by atoms with Gasteiger partial charge in [-0.15, -0.1) is 6.58 Å². The summed E-state index contributed by atoms with van der Waals surface area (Å²) < 4.78 is 3.35. The van der Waals surface area contributed by atoms with E-state index in [0.29, 0.717) is 29.2 Å². The van der Waals surface area contributed by atoms with Gasteiger partial charge in [0.25, 0.3) is 5.56 Å². The highest BCUT2D eigenvalue weighted by molar-refractivity contribution is 5.80. The minimum atomic E-state index is -0.763. The molecule has 10 heteroatoms. The Labute approximate surface area is 222 Å². The normalized spacial score (nSPS) is 18.7. The average molecular weight is 517 g/mol. The van der Waals surface area contributed by atoms with Crippen molar-refractivity contribution in [3.8, 4) is 0 Å². The third-order valence-corrected chi connectivity index (χ3v) is 6.98. The van der Waals surface area contributed by atoms with E-state index in [2.05, 4.69) is 45.9 Å². The summed E-state index contributed by atoms with van der Waals surface area (Å²) in [4.78, 5) is 29.0. The number of hydrogen-bond acceptors (Lipinski definition) is 8. The van der Waals surface area contributed by atoms with Gasteiger partial charge in [0.15, 0.2) is 5.65 Å².